The van der Waals surface area contributed by atoms with E-state index in [1.165, 1.54) is 11.6 Å². The number of fused-ring (bicyclic) bond motifs is 1. The number of aromatic nitrogens is 1. The summed E-state index contributed by atoms with van der Waals surface area (Å²) in [5.41, 5.74) is 4.47. The van der Waals surface area contributed by atoms with Gasteiger partial charge in [-0.15, -0.1) is 11.3 Å². The summed E-state index contributed by atoms with van der Waals surface area (Å²) in [4.78, 5) is 28.8. The molecule has 0 aliphatic rings. The molecule has 35 heavy (non-hydrogen) atoms. The van der Waals surface area contributed by atoms with E-state index >= 15 is 0 Å². The molecule has 8 heteroatoms. The van der Waals surface area contributed by atoms with Gasteiger partial charge in [0.05, 0.1) is 10.2 Å². The normalized spacial score (nSPS) is 10.7. The predicted molar refractivity (Wildman–Crippen MR) is 136 cm³/mol. The maximum Gasteiger partial charge on any atom is 0.331 e. The van der Waals surface area contributed by atoms with Crippen molar-refractivity contribution < 1.29 is 19.1 Å². The van der Waals surface area contributed by atoms with Crippen LogP contribution in [-0.4, -0.2) is 30.1 Å². The van der Waals surface area contributed by atoms with Crippen molar-refractivity contribution in [2.24, 2.45) is 0 Å². The molecule has 0 bridgehead atoms. The van der Waals surface area contributed by atoms with E-state index in [2.05, 4.69) is 23.3 Å². The summed E-state index contributed by atoms with van der Waals surface area (Å²) >= 11 is 1.62. The number of aryl methyl sites for hydroxylation is 1. The number of anilines is 1. The number of thiazole rings is 1. The van der Waals surface area contributed by atoms with E-state index in [9.17, 15) is 9.59 Å². The Morgan fingerprint density at radius 1 is 1.09 bits per heavy atom. The number of esters is 1. The summed E-state index contributed by atoms with van der Waals surface area (Å²) in [6.07, 6.45) is 2.81. The Balaban J connectivity index is 1.26. The minimum absolute atomic E-state index is 0.0311. The fourth-order valence-corrected chi connectivity index (χ4v) is 4.26. The molecule has 4 aromatic rings. The first-order chi connectivity index (χ1) is 17.0. The minimum Gasteiger partial charge on any atom is -0.479 e. The first-order valence-corrected chi connectivity index (χ1v) is 11.5. The lowest BCUT2D eigenvalue weighted by molar-refractivity contribution is -0.142. The predicted octanol–water partition coefficient (Wildman–Crippen LogP) is 5.37. The molecule has 174 valence electrons. The molecule has 4 rings (SSSR count). The van der Waals surface area contributed by atoms with Crippen LogP contribution in [0.25, 0.3) is 26.9 Å². The first kappa shape index (κ1) is 23.7. The summed E-state index contributed by atoms with van der Waals surface area (Å²) in [6.45, 7) is 1.62. The second-order valence-electron chi connectivity index (χ2n) is 7.57. The number of benzene rings is 3. The van der Waals surface area contributed by atoms with Gasteiger partial charge in [-0.1, -0.05) is 18.2 Å². The lowest BCUT2D eigenvalue weighted by atomic mass is 10.2. The highest BCUT2D eigenvalue weighted by Crippen LogP contribution is 2.31. The number of nitriles is 1. The fourth-order valence-electron chi connectivity index (χ4n) is 3.19. The van der Waals surface area contributed by atoms with Gasteiger partial charge < -0.3 is 14.8 Å². The lowest BCUT2D eigenvalue weighted by Gasteiger charge is -2.06. The zero-order valence-electron chi connectivity index (χ0n) is 18.9. The Hall–Kier alpha value is -4.48. The topological polar surface area (TPSA) is 101 Å². The number of hydrogen-bond acceptors (Lipinski definition) is 7. The van der Waals surface area contributed by atoms with Gasteiger partial charge in [0, 0.05) is 17.3 Å². The summed E-state index contributed by atoms with van der Waals surface area (Å²) in [5, 5.41) is 12.1. The van der Waals surface area contributed by atoms with Crippen molar-refractivity contribution in [1.82, 2.24) is 4.98 Å². The first-order valence-electron chi connectivity index (χ1n) is 10.7. The molecular weight excluding hydrogens is 462 g/mol. The van der Waals surface area contributed by atoms with Crippen LogP contribution in [0.2, 0.25) is 0 Å². The second-order valence-corrected chi connectivity index (χ2v) is 8.60. The van der Waals surface area contributed by atoms with Crippen molar-refractivity contribution >= 4 is 45.2 Å². The molecule has 0 aliphatic heterocycles. The van der Waals surface area contributed by atoms with Crippen LogP contribution >= 0.6 is 11.3 Å². The van der Waals surface area contributed by atoms with E-state index in [0.29, 0.717) is 11.4 Å². The highest BCUT2D eigenvalue weighted by Gasteiger charge is 2.09. The number of hydrogen-bond donors (Lipinski definition) is 1. The van der Waals surface area contributed by atoms with Crippen LogP contribution in [0.5, 0.6) is 5.75 Å². The van der Waals surface area contributed by atoms with Gasteiger partial charge in [0.15, 0.2) is 13.2 Å². The summed E-state index contributed by atoms with van der Waals surface area (Å²) in [5.74, 6) is -0.508. The monoisotopic (exact) mass is 483 g/mol. The van der Waals surface area contributed by atoms with Crippen molar-refractivity contribution in [3.05, 3.63) is 83.9 Å². The minimum atomic E-state index is -0.633. The van der Waals surface area contributed by atoms with E-state index in [1.807, 2.05) is 30.3 Å². The molecule has 0 atom stereocenters. The van der Waals surface area contributed by atoms with Gasteiger partial charge in [-0.3, -0.25) is 4.79 Å². The van der Waals surface area contributed by atoms with Crippen molar-refractivity contribution in [3.63, 3.8) is 0 Å². The van der Waals surface area contributed by atoms with Gasteiger partial charge in [-0.25, -0.2) is 9.78 Å². The average Bonchev–Trinajstić information content (AvgIpc) is 3.29. The molecule has 7 nitrogen and oxygen atoms in total. The van der Waals surface area contributed by atoms with Gasteiger partial charge in [-0.2, -0.15) is 5.26 Å². The van der Waals surface area contributed by atoms with Crippen molar-refractivity contribution in [3.8, 4) is 22.4 Å². The van der Waals surface area contributed by atoms with Gasteiger partial charge in [0.2, 0.25) is 0 Å². The Bertz CT molecular complexity index is 1420. The van der Waals surface area contributed by atoms with Crippen LogP contribution < -0.4 is 10.1 Å². The quantitative estimate of drug-likeness (QED) is 0.267. The molecule has 0 spiro atoms. The SMILES string of the molecule is Cc1ccc2nc(-c3ccc(NC(=O)COC(=O)/C=C/c4ccc(OCC#N)cc4)cc3)sc2c1. The van der Waals surface area contributed by atoms with Crippen molar-refractivity contribution in [2.75, 3.05) is 18.5 Å². The van der Waals surface area contributed by atoms with E-state index in [4.69, 9.17) is 14.7 Å². The molecule has 1 aromatic heterocycles. The number of rotatable bonds is 8. The number of nitrogens with one attached hydrogen (secondary N) is 1. The van der Waals surface area contributed by atoms with Crippen LogP contribution in [0.3, 0.4) is 0 Å². The highest BCUT2D eigenvalue weighted by atomic mass is 32.1. The highest BCUT2D eigenvalue weighted by molar-refractivity contribution is 7.21. The van der Waals surface area contributed by atoms with Gasteiger partial charge >= 0.3 is 5.97 Å². The van der Waals surface area contributed by atoms with E-state index < -0.39 is 18.5 Å². The van der Waals surface area contributed by atoms with Gasteiger partial charge in [0.25, 0.3) is 5.91 Å². The molecule has 0 radical (unpaired) electrons. The van der Waals surface area contributed by atoms with Crippen LogP contribution in [0.15, 0.2) is 72.8 Å². The molecule has 3 aromatic carbocycles. The zero-order chi connectivity index (χ0) is 24.6. The molecule has 1 N–H and O–H groups in total. The lowest BCUT2D eigenvalue weighted by Crippen LogP contribution is -2.20. The Kier molecular flexibility index (Phi) is 7.50. The molecule has 0 saturated carbocycles. The molecule has 0 saturated heterocycles. The number of ether oxygens (including phenoxy) is 2. The summed E-state index contributed by atoms with van der Waals surface area (Å²) < 4.78 is 11.3. The molecule has 1 amide bonds. The number of nitrogens with zero attached hydrogens (tertiary/aromatic N) is 2. The van der Waals surface area contributed by atoms with Crippen LogP contribution in [-0.2, 0) is 14.3 Å². The van der Waals surface area contributed by atoms with Crippen molar-refractivity contribution in [1.29, 1.82) is 5.26 Å². The largest absolute Gasteiger partial charge is 0.479 e. The van der Waals surface area contributed by atoms with Crippen LogP contribution in [0.1, 0.15) is 11.1 Å². The van der Waals surface area contributed by atoms with Gasteiger partial charge in [-0.05, 0) is 72.7 Å². The summed E-state index contributed by atoms with van der Waals surface area (Å²) in [6, 6.07) is 22.3. The van der Waals surface area contributed by atoms with Crippen LogP contribution in [0.4, 0.5) is 5.69 Å². The smallest absolute Gasteiger partial charge is 0.331 e. The fraction of sp³-hybridized carbons (Fsp3) is 0.111. The molecule has 0 unspecified atom stereocenters. The molecular formula is C27H21N3O4S. The number of amides is 1. The van der Waals surface area contributed by atoms with Gasteiger partial charge in [0.1, 0.15) is 16.8 Å². The number of carbonyl (C=O) groups excluding carboxylic acids is 2. The standard InChI is InChI=1S/C27H21N3O4S/c1-18-2-12-23-24(16-18)35-27(30-23)20-6-8-21(9-7-20)29-25(31)17-34-26(32)13-5-19-3-10-22(11-4-19)33-15-14-28/h2-13,16H,15,17H2,1H3,(H,29,31)/b13-5+. The third kappa shape index (κ3) is 6.53. The van der Waals surface area contributed by atoms with Crippen molar-refractivity contribution in [2.45, 2.75) is 6.92 Å². The number of carbonyl (C=O) groups is 2. The molecule has 0 fully saturated rings. The maximum absolute atomic E-state index is 12.2. The zero-order valence-corrected chi connectivity index (χ0v) is 19.7. The van der Waals surface area contributed by atoms with Crippen LogP contribution in [0, 0.1) is 18.3 Å². The molecule has 0 aliphatic carbocycles. The Morgan fingerprint density at radius 2 is 1.86 bits per heavy atom. The van der Waals surface area contributed by atoms with E-state index in [1.54, 1.807) is 53.8 Å². The van der Waals surface area contributed by atoms with E-state index in [0.717, 1.165) is 26.4 Å². The third-order valence-corrected chi connectivity index (χ3v) is 5.97. The Labute approximate surface area is 206 Å². The third-order valence-electron chi connectivity index (χ3n) is 4.90. The average molecular weight is 484 g/mol. The maximum atomic E-state index is 12.2. The second kappa shape index (κ2) is 11.1. The van der Waals surface area contributed by atoms with E-state index in [-0.39, 0.29) is 6.61 Å². The Morgan fingerprint density at radius 3 is 2.60 bits per heavy atom. The molecule has 1 heterocycles. The summed E-state index contributed by atoms with van der Waals surface area (Å²) in [7, 11) is 0.